The van der Waals surface area contributed by atoms with Crippen molar-refractivity contribution < 1.29 is 0 Å². The lowest BCUT2D eigenvalue weighted by Crippen LogP contribution is -2.09. The Bertz CT molecular complexity index is 2680. The lowest BCUT2D eigenvalue weighted by molar-refractivity contribution is 1.28. The van der Waals surface area contributed by atoms with Gasteiger partial charge in [0, 0.05) is 38.6 Å². The summed E-state index contributed by atoms with van der Waals surface area (Å²) in [5.41, 5.74) is 9.63. The average molecular weight is 585 g/mol. The van der Waals surface area contributed by atoms with Gasteiger partial charge < -0.3 is 9.30 Å². The third-order valence-electron chi connectivity index (χ3n) is 9.67. The summed E-state index contributed by atoms with van der Waals surface area (Å²) in [5.74, 6) is 0. The molecule has 2 heterocycles. The number of aromatic nitrogens is 1. The van der Waals surface area contributed by atoms with Gasteiger partial charge in [-0.25, -0.2) is 0 Å². The van der Waals surface area contributed by atoms with Gasteiger partial charge >= 0.3 is 0 Å². The van der Waals surface area contributed by atoms with Gasteiger partial charge in [-0.1, -0.05) is 115 Å². The second kappa shape index (κ2) is 9.69. The van der Waals surface area contributed by atoms with Crippen LogP contribution < -0.4 is 4.90 Å². The number of benzene rings is 8. The molecular formula is C44H28N2. The number of fused-ring (bicyclic) bond motifs is 6. The molecule has 0 N–H and O–H groups in total. The van der Waals surface area contributed by atoms with Crippen molar-refractivity contribution >= 4 is 76.7 Å². The lowest BCUT2D eigenvalue weighted by atomic mass is 9.90. The van der Waals surface area contributed by atoms with Gasteiger partial charge in [0.2, 0.25) is 0 Å². The number of rotatable bonds is 4. The summed E-state index contributed by atoms with van der Waals surface area (Å²) in [4.78, 5) is 2.32. The summed E-state index contributed by atoms with van der Waals surface area (Å²) in [5, 5.41) is 10.3. The van der Waals surface area contributed by atoms with Crippen LogP contribution in [-0.4, -0.2) is 4.40 Å². The Morgan fingerprint density at radius 3 is 1.59 bits per heavy atom. The molecule has 0 aliphatic heterocycles. The normalized spacial score (nSPS) is 11.9. The van der Waals surface area contributed by atoms with E-state index in [2.05, 4.69) is 179 Å². The molecular weight excluding hydrogens is 556 g/mol. The van der Waals surface area contributed by atoms with Crippen LogP contribution in [0.15, 0.2) is 170 Å². The van der Waals surface area contributed by atoms with Crippen molar-refractivity contribution in [2.24, 2.45) is 0 Å². The third-order valence-corrected chi connectivity index (χ3v) is 9.67. The summed E-state index contributed by atoms with van der Waals surface area (Å²) in [6.07, 6.45) is 0. The monoisotopic (exact) mass is 584 g/mol. The number of anilines is 3. The minimum atomic E-state index is 1.13. The van der Waals surface area contributed by atoms with Crippen molar-refractivity contribution in [3.8, 4) is 11.1 Å². The van der Waals surface area contributed by atoms with Crippen LogP contribution in [0, 0.1) is 0 Å². The van der Waals surface area contributed by atoms with Crippen molar-refractivity contribution in [2.45, 2.75) is 0 Å². The van der Waals surface area contributed by atoms with Gasteiger partial charge in [0.05, 0.1) is 16.6 Å². The van der Waals surface area contributed by atoms with Crippen molar-refractivity contribution in [1.82, 2.24) is 4.40 Å². The summed E-state index contributed by atoms with van der Waals surface area (Å²) < 4.78 is 2.51. The smallest absolute Gasteiger partial charge is 0.0626 e. The molecule has 0 radical (unpaired) electrons. The fourth-order valence-corrected chi connectivity index (χ4v) is 7.74. The van der Waals surface area contributed by atoms with E-state index in [9.17, 15) is 0 Å². The molecule has 0 atom stereocenters. The zero-order valence-corrected chi connectivity index (χ0v) is 25.1. The zero-order chi connectivity index (χ0) is 30.2. The van der Waals surface area contributed by atoms with Crippen LogP contribution in [0.1, 0.15) is 0 Å². The number of hydrogen-bond donors (Lipinski definition) is 0. The first kappa shape index (κ1) is 25.2. The van der Waals surface area contributed by atoms with Gasteiger partial charge in [0.15, 0.2) is 0 Å². The van der Waals surface area contributed by atoms with Gasteiger partial charge in [0.1, 0.15) is 0 Å². The van der Waals surface area contributed by atoms with Crippen LogP contribution >= 0.6 is 0 Å². The molecule has 10 aromatic rings. The van der Waals surface area contributed by atoms with Crippen LogP contribution in [0.5, 0.6) is 0 Å². The molecule has 214 valence electrons. The Hall–Kier alpha value is -6.12. The first-order chi connectivity index (χ1) is 22.8. The van der Waals surface area contributed by atoms with E-state index in [1.165, 1.54) is 70.8 Å². The first-order valence-corrected chi connectivity index (χ1v) is 15.9. The summed E-state index contributed by atoms with van der Waals surface area (Å²) in [7, 11) is 0. The Labute approximate surface area is 266 Å². The highest BCUT2D eigenvalue weighted by Crippen LogP contribution is 2.46. The van der Waals surface area contributed by atoms with Gasteiger partial charge in [0.25, 0.3) is 0 Å². The Balaban J connectivity index is 1.28. The van der Waals surface area contributed by atoms with Crippen LogP contribution in [0.3, 0.4) is 0 Å². The summed E-state index contributed by atoms with van der Waals surface area (Å²) in [6.45, 7) is 0. The maximum atomic E-state index is 2.51. The van der Waals surface area contributed by atoms with E-state index < -0.39 is 0 Å². The van der Waals surface area contributed by atoms with Crippen molar-refractivity contribution in [1.29, 1.82) is 0 Å². The molecule has 2 heteroatoms. The van der Waals surface area contributed by atoms with Crippen LogP contribution in [-0.2, 0) is 0 Å². The molecule has 0 bridgehead atoms. The average Bonchev–Trinajstić information content (AvgIpc) is 3.40. The molecule has 0 aliphatic rings. The van der Waals surface area contributed by atoms with Gasteiger partial charge in [-0.2, -0.15) is 0 Å². The predicted molar refractivity (Wildman–Crippen MR) is 196 cm³/mol. The Kier molecular flexibility index (Phi) is 5.31. The van der Waals surface area contributed by atoms with E-state index in [1.807, 2.05) is 0 Å². The second-order valence-electron chi connectivity index (χ2n) is 12.1. The number of hydrogen-bond acceptors (Lipinski definition) is 1. The maximum absolute atomic E-state index is 2.51. The highest BCUT2D eigenvalue weighted by molar-refractivity contribution is 6.34. The van der Waals surface area contributed by atoms with Crippen LogP contribution in [0.2, 0.25) is 0 Å². The molecule has 2 nitrogen and oxygen atoms in total. The topological polar surface area (TPSA) is 7.65 Å². The van der Waals surface area contributed by atoms with E-state index in [0.717, 1.165) is 17.1 Å². The molecule has 0 aliphatic carbocycles. The highest BCUT2D eigenvalue weighted by Gasteiger charge is 2.21. The van der Waals surface area contributed by atoms with Crippen molar-refractivity contribution in [2.75, 3.05) is 4.90 Å². The molecule has 0 unspecified atom stereocenters. The maximum Gasteiger partial charge on any atom is 0.0626 e. The quantitative estimate of drug-likeness (QED) is 0.187. The van der Waals surface area contributed by atoms with Crippen molar-refractivity contribution in [3.63, 3.8) is 0 Å². The predicted octanol–water partition coefficient (Wildman–Crippen LogP) is 12.3. The Morgan fingerprint density at radius 2 is 0.913 bits per heavy atom. The zero-order valence-electron chi connectivity index (χ0n) is 25.1. The molecule has 0 saturated carbocycles. The Morgan fingerprint density at radius 1 is 0.370 bits per heavy atom. The SMILES string of the molecule is c1ccc(N(c2ccccc2)c2ccc(-c3cc4cccc5c6ccccc6n6c7ccccc7c7ccc3c(c45)c76)cc2)cc1. The number of nitrogens with zero attached hydrogens (tertiary/aromatic N) is 2. The van der Waals surface area contributed by atoms with E-state index >= 15 is 0 Å². The molecule has 0 fully saturated rings. The van der Waals surface area contributed by atoms with Gasteiger partial charge in [-0.3, -0.25) is 0 Å². The van der Waals surface area contributed by atoms with E-state index in [1.54, 1.807) is 0 Å². The molecule has 0 spiro atoms. The standard InChI is InChI=1S/C44H28N2/c1-3-13-31(14-4-1)45(32-15-5-2-6-16-32)33-24-22-29(23-25-33)39-28-30-12-11-19-36-34-17-7-9-20-40(34)46-41-21-10-8-18-35(41)38-27-26-37(39)43(42(30)36)44(38)46/h1-28H. The summed E-state index contributed by atoms with van der Waals surface area (Å²) >= 11 is 0. The largest absolute Gasteiger partial charge is 0.311 e. The fraction of sp³-hybridized carbons (Fsp3) is 0. The molecule has 2 aromatic heterocycles. The first-order valence-electron chi connectivity index (χ1n) is 15.9. The molecule has 8 aromatic carbocycles. The van der Waals surface area contributed by atoms with Crippen LogP contribution in [0.4, 0.5) is 17.1 Å². The minimum Gasteiger partial charge on any atom is -0.311 e. The molecule has 0 saturated heterocycles. The second-order valence-corrected chi connectivity index (χ2v) is 12.1. The molecule has 10 rings (SSSR count). The third kappa shape index (κ3) is 3.53. The van der Waals surface area contributed by atoms with Gasteiger partial charge in [-0.15, -0.1) is 0 Å². The van der Waals surface area contributed by atoms with Crippen molar-refractivity contribution in [3.05, 3.63) is 170 Å². The van der Waals surface area contributed by atoms with Crippen LogP contribution in [0.25, 0.3) is 70.8 Å². The fourth-order valence-electron chi connectivity index (χ4n) is 7.74. The van der Waals surface area contributed by atoms with E-state index in [0.29, 0.717) is 0 Å². The summed E-state index contributed by atoms with van der Waals surface area (Å²) in [6, 6.07) is 61.9. The number of para-hydroxylation sites is 4. The molecule has 46 heavy (non-hydrogen) atoms. The van der Waals surface area contributed by atoms with E-state index in [-0.39, 0.29) is 0 Å². The minimum absolute atomic E-state index is 1.13. The highest BCUT2D eigenvalue weighted by atomic mass is 15.1. The van der Waals surface area contributed by atoms with E-state index in [4.69, 9.17) is 0 Å². The molecule has 0 amide bonds. The van der Waals surface area contributed by atoms with Gasteiger partial charge in [-0.05, 0) is 87.3 Å². The lowest BCUT2D eigenvalue weighted by Gasteiger charge is -2.25.